The first-order valence-electron chi connectivity index (χ1n) is 8.53. The molecule has 1 rings (SSSR count). The summed E-state index contributed by atoms with van der Waals surface area (Å²) in [6, 6.07) is 4.18. The third kappa shape index (κ3) is 8.70. The number of aliphatic hydroxyl groups excluding tert-OH is 1. The Morgan fingerprint density at radius 2 is 1.78 bits per heavy atom. The van der Waals surface area contributed by atoms with E-state index in [0.717, 1.165) is 12.8 Å². The molecule has 1 aromatic carbocycles. The molecule has 0 radical (unpaired) electrons. The van der Waals surface area contributed by atoms with Crippen molar-refractivity contribution in [2.45, 2.75) is 43.0 Å². The Hall–Kier alpha value is -1.68. The standard InChI is InChI=1S/C17H25ClN2O6S/c1-26-16(22)6-4-2-3-5-11-19-17(23)15(12-21)20-27(24,25)14-9-7-13(18)8-10-14/h7-10,15,20-21H,2-6,11-12H2,1H3,(H,19,23). The highest BCUT2D eigenvalue weighted by Gasteiger charge is 2.24. The minimum atomic E-state index is -3.96. The number of benzene rings is 1. The summed E-state index contributed by atoms with van der Waals surface area (Å²) in [5, 5.41) is 12.3. The molecule has 1 amide bonds. The molecule has 27 heavy (non-hydrogen) atoms. The Kier molecular flexibility index (Phi) is 10.3. The Morgan fingerprint density at radius 3 is 2.37 bits per heavy atom. The number of sulfonamides is 1. The van der Waals surface area contributed by atoms with Gasteiger partial charge in [-0.25, -0.2) is 8.42 Å². The van der Waals surface area contributed by atoms with Gasteiger partial charge in [-0.15, -0.1) is 0 Å². The van der Waals surface area contributed by atoms with Crippen LogP contribution in [-0.2, 0) is 24.3 Å². The highest BCUT2D eigenvalue weighted by atomic mass is 35.5. The van der Waals surface area contributed by atoms with Crippen molar-refractivity contribution in [1.82, 2.24) is 10.0 Å². The molecule has 0 aliphatic carbocycles. The minimum absolute atomic E-state index is 0.0521. The molecule has 0 spiro atoms. The van der Waals surface area contributed by atoms with Gasteiger partial charge in [-0.1, -0.05) is 24.4 Å². The molecule has 0 fully saturated rings. The number of rotatable bonds is 12. The van der Waals surface area contributed by atoms with E-state index < -0.39 is 28.6 Å². The Balaban J connectivity index is 2.39. The van der Waals surface area contributed by atoms with Gasteiger partial charge < -0.3 is 15.2 Å². The molecule has 0 aliphatic heterocycles. The number of hydrogen-bond acceptors (Lipinski definition) is 6. The summed E-state index contributed by atoms with van der Waals surface area (Å²) in [6.45, 7) is -0.325. The first kappa shape index (κ1) is 23.4. The zero-order chi connectivity index (χ0) is 20.3. The van der Waals surface area contributed by atoms with E-state index in [1.807, 2.05) is 0 Å². The molecule has 8 nitrogen and oxygen atoms in total. The molecule has 1 aromatic rings. The lowest BCUT2D eigenvalue weighted by Gasteiger charge is -2.16. The number of amides is 1. The predicted molar refractivity (Wildman–Crippen MR) is 101 cm³/mol. The number of unbranched alkanes of at least 4 members (excludes halogenated alkanes) is 3. The highest BCUT2D eigenvalue weighted by Crippen LogP contribution is 2.14. The molecule has 0 aromatic heterocycles. The van der Waals surface area contributed by atoms with Crippen LogP contribution in [0.4, 0.5) is 0 Å². The fraction of sp³-hybridized carbons (Fsp3) is 0.529. The number of nitrogens with one attached hydrogen (secondary N) is 2. The maximum atomic E-state index is 12.3. The number of carbonyl (C=O) groups is 2. The zero-order valence-corrected chi connectivity index (χ0v) is 16.7. The number of ether oxygens (including phenoxy) is 1. The van der Waals surface area contributed by atoms with Gasteiger partial charge in [-0.3, -0.25) is 9.59 Å². The van der Waals surface area contributed by atoms with Crippen molar-refractivity contribution >= 4 is 33.5 Å². The largest absolute Gasteiger partial charge is 0.469 e. The Labute approximate surface area is 164 Å². The second-order valence-corrected chi connectivity index (χ2v) is 7.99. The molecule has 0 saturated carbocycles. The van der Waals surface area contributed by atoms with Crippen LogP contribution in [-0.4, -0.2) is 51.7 Å². The van der Waals surface area contributed by atoms with E-state index in [9.17, 15) is 23.1 Å². The van der Waals surface area contributed by atoms with Crippen LogP contribution >= 0.6 is 11.6 Å². The fourth-order valence-electron chi connectivity index (χ4n) is 2.23. The van der Waals surface area contributed by atoms with Gasteiger partial charge in [0.15, 0.2) is 0 Å². The highest BCUT2D eigenvalue weighted by molar-refractivity contribution is 7.89. The number of aliphatic hydroxyl groups is 1. The monoisotopic (exact) mass is 420 g/mol. The lowest BCUT2D eigenvalue weighted by molar-refractivity contribution is -0.140. The van der Waals surface area contributed by atoms with E-state index in [-0.39, 0.29) is 10.9 Å². The summed E-state index contributed by atoms with van der Waals surface area (Å²) in [6.07, 6.45) is 3.37. The molecule has 152 valence electrons. The first-order valence-corrected chi connectivity index (χ1v) is 10.4. The zero-order valence-electron chi connectivity index (χ0n) is 15.1. The van der Waals surface area contributed by atoms with Crippen LogP contribution in [0.1, 0.15) is 32.1 Å². The lowest BCUT2D eigenvalue weighted by atomic mass is 10.1. The molecule has 1 unspecified atom stereocenters. The summed E-state index contributed by atoms with van der Waals surface area (Å²) in [5.74, 6) is -0.855. The van der Waals surface area contributed by atoms with Crippen LogP contribution in [0.2, 0.25) is 5.02 Å². The molecular weight excluding hydrogens is 396 g/mol. The van der Waals surface area contributed by atoms with Crippen molar-refractivity contribution in [1.29, 1.82) is 0 Å². The van der Waals surface area contributed by atoms with Crippen molar-refractivity contribution in [3.63, 3.8) is 0 Å². The van der Waals surface area contributed by atoms with Gasteiger partial charge in [-0.05, 0) is 37.1 Å². The molecule has 0 bridgehead atoms. The van der Waals surface area contributed by atoms with Gasteiger partial charge in [0.2, 0.25) is 15.9 Å². The smallest absolute Gasteiger partial charge is 0.305 e. The van der Waals surface area contributed by atoms with E-state index in [0.29, 0.717) is 30.8 Å². The van der Waals surface area contributed by atoms with Gasteiger partial charge in [0.1, 0.15) is 6.04 Å². The van der Waals surface area contributed by atoms with E-state index in [1.165, 1.54) is 31.4 Å². The van der Waals surface area contributed by atoms with Crippen molar-refractivity contribution < 1.29 is 27.9 Å². The number of esters is 1. The van der Waals surface area contributed by atoms with E-state index in [4.69, 9.17) is 11.6 Å². The maximum absolute atomic E-state index is 12.3. The van der Waals surface area contributed by atoms with Crippen molar-refractivity contribution in [3.8, 4) is 0 Å². The lowest BCUT2D eigenvalue weighted by Crippen LogP contribution is -2.49. The van der Waals surface area contributed by atoms with Gasteiger partial charge in [0, 0.05) is 18.0 Å². The normalized spacial score (nSPS) is 12.4. The minimum Gasteiger partial charge on any atom is -0.469 e. The van der Waals surface area contributed by atoms with Crippen molar-refractivity contribution in [2.24, 2.45) is 0 Å². The van der Waals surface area contributed by atoms with Crippen LogP contribution in [0, 0.1) is 0 Å². The average molecular weight is 421 g/mol. The molecule has 0 heterocycles. The molecular formula is C17H25ClN2O6S. The quantitative estimate of drug-likeness (QED) is 0.345. The number of hydrogen-bond donors (Lipinski definition) is 3. The van der Waals surface area contributed by atoms with Crippen LogP contribution in [0.5, 0.6) is 0 Å². The van der Waals surface area contributed by atoms with Gasteiger partial charge in [-0.2, -0.15) is 4.72 Å². The summed E-state index contributed by atoms with van der Waals surface area (Å²) in [4.78, 5) is 23.0. The van der Waals surface area contributed by atoms with E-state index >= 15 is 0 Å². The number of carbonyl (C=O) groups excluding carboxylic acids is 2. The molecule has 0 saturated heterocycles. The second-order valence-electron chi connectivity index (χ2n) is 5.84. The predicted octanol–water partition coefficient (Wildman–Crippen LogP) is 1.22. The van der Waals surface area contributed by atoms with Crippen molar-refractivity contribution in [3.05, 3.63) is 29.3 Å². The Bertz CT molecular complexity index is 709. The van der Waals surface area contributed by atoms with Crippen LogP contribution in [0.15, 0.2) is 29.2 Å². The van der Waals surface area contributed by atoms with E-state index in [2.05, 4.69) is 14.8 Å². The van der Waals surface area contributed by atoms with Gasteiger partial charge >= 0.3 is 5.97 Å². The summed E-state index contributed by atoms with van der Waals surface area (Å²) >= 11 is 5.73. The fourth-order valence-corrected chi connectivity index (χ4v) is 3.54. The summed E-state index contributed by atoms with van der Waals surface area (Å²) < 4.78 is 31.2. The third-order valence-corrected chi connectivity index (χ3v) is 5.49. The topological polar surface area (TPSA) is 122 Å². The second kappa shape index (κ2) is 11.9. The number of halogens is 1. The summed E-state index contributed by atoms with van der Waals surface area (Å²) in [7, 11) is -2.62. The molecule has 3 N–H and O–H groups in total. The average Bonchev–Trinajstić information content (AvgIpc) is 2.65. The van der Waals surface area contributed by atoms with Crippen LogP contribution in [0.25, 0.3) is 0 Å². The summed E-state index contributed by atoms with van der Waals surface area (Å²) in [5.41, 5.74) is 0. The third-order valence-electron chi connectivity index (χ3n) is 3.75. The maximum Gasteiger partial charge on any atom is 0.305 e. The van der Waals surface area contributed by atoms with Gasteiger partial charge in [0.05, 0.1) is 18.6 Å². The molecule has 10 heteroatoms. The first-order chi connectivity index (χ1) is 12.8. The number of methoxy groups -OCH3 is 1. The Morgan fingerprint density at radius 1 is 1.15 bits per heavy atom. The van der Waals surface area contributed by atoms with Gasteiger partial charge in [0.25, 0.3) is 0 Å². The van der Waals surface area contributed by atoms with Crippen LogP contribution < -0.4 is 10.0 Å². The molecule has 0 aliphatic rings. The van der Waals surface area contributed by atoms with Crippen LogP contribution in [0.3, 0.4) is 0 Å². The van der Waals surface area contributed by atoms with Crippen molar-refractivity contribution in [2.75, 3.05) is 20.3 Å². The van der Waals surface area contributed by atoms with E-state index in [1.54, 1.807) is 0 Å². The molecule has 1 atom stereocenters. The SMILES string of the molecule is COC(=O)CCCCCCNC(=O)C(CO)NS(=O)(=O)c1ccc(Cl)cc1.